The van der Waals surface area contributed by atoms with Crippen LogP contribution in [0.5, 0.6) is 0 Å². The number of nitrogens with one attached hydrogen (secondary N) is 2. The van der Waals surface area contributed by atoms with Gasteiger partial charge in [-0.15, -0.1) is 0 Å². The fraction of sp³-hybridized carbons (Fsp3) is 0.833. The van der Waals surface area contributed by atoms with E-state index in [9.17, 15) is 19.2 Å². The van der Waals surface area contributed by atoms with E-state index in [1.54, 1.807) is 25.7 Å². The van der Waals surface area contributed by atoms with Crippen molar-refractivity contribution in [3.05, 3.63) is 0 Å². The molecular weight excluding hydrogens is 438 g/mol. The lowest BCUT2D eigenvalue weighted by atomic mass is 9.98. The minimum absolute atomic E-state index is 0.00248. The molecule has 192 valence electrons. The lowest BCUT2D eigenvalue weighted by molar-refractivity contribution is -0.143. The Kier molecular flexibility index (Phi) is 7.22. The van der Waals surface area contributed by atoms with Gasteiger partial charge in [-0.3, -0.25) is 19.8 Å². The van der Waals surface area contributed by atoms with Crippen LogP contribution in [-0.4, -0.2) is 71.0 Å². The lowest BCUT2D eigenvalue weighted by Gasteiger charge is -2.34. The number of amides is 4. The largest absolute Gasteiger partial charge is 0.442 e. The molecule has 0 unspecified atom stereocenters. The number of nitrogens with zero attached hydrogens (tertiary/aromatic N) is 2. The van der Waals surface area contributed by atoms with Gasteiger partial charge in [-0.25, -0.2) is 9.80 Å². The summed E-state index contributed by atoms with van der Waals surface area (Å²) in [5.41, 5.74) is 8.02. The van der Waals surface area contributed by atoms with Crippen molar-refractivity contribution in [3.63, 3.8) is 0 Å². The second-order valence-corrected chi connectivity index (χ2v) is 12.0. The Hall–Kier alpha value is -2.36. The summed E-state index contributed by atoms with van der Waals surface area (Å²) in [6.45, 7) is 14.4. The van der Waals surface area contributed by atoms with Gasteiger partial charge in [-0.1, -0.05) is 27.7 Å². The second-order valence-electron chi connectivity index (χ2n) is 12.0. The van der Waals surface area contributed by atoms with Gasteiger partial charge in [0, 0.05) is 13.1 Å². The van der Waals surface area contributed by atoms with Crippen LogP contribution in [0.1, 0.15) is 61.3 Å². The van der Waals surface area contributed by atoms with Gasteiger partial charge in [0.2, 0.25) is 11.8 Å². The molecule has 3 rings (SSSR count). The number of rotatable bonds is 6. The van der Waals surface area contributed by atoms with Crippen molar-refractivity contribution in [3.8, 4) is 0 Å². The Bertz CT molecular complexity index is 836. The molecule has 2 aliphatic heterocycles. The van der Waals surface area contributed by atoms with Gasteiger partial charge in [-0.2, -0.15) is 0 Å². The van der Waals surface area contributed by atoms with Crippen molar-refractivity contribution in [2.45, 2.75) is 79.0 Å². The van der Waals surface area contributed by atoms with Gasteiger partial charge in [0.05, 0.1) is 18.5 Å². The molecule has 34 heavy (non-hydrogen) atoms. The molecule has 10 nitrogen and oxygen atoms in total. The number of fused-ring (bicyclic) bond motifs is 1. The molecule has 0 spiro atoms. The van der Waals surface area contributed by atoms with E-state index in [4.69, 9.17) is 10.5 Å². The Morgan fingerprint density at radius 3 is 2.47 bits per heavy atom. The highest BCUT2D eigenvalue weighted by Gasteiger charge is 2.69. The molecule has 3 aliphatic rings. The number of hydrazine groups is 1. The predicted molar refractivity (Wildman–Crippen MR) is 126 cm³/mol. The molecular formula is C24H41N5O5. The van der Waals surface area contributed by atoms with Crippen molar-refractivity contribution in [1.82, 2.24) is 20.7 Å². The molecule has 4 N–H and O–H groups in total. The van der Waals surface area contributed by atoms with E-state index >= 15 is 0 Å². The molecule has 2 saturated heterocycles. The summed E-state index contributed by atoms with van der Waals surface area (Å²) in [6, 6.07) is -1.41. The molecule has 0 aromatic heterocycles. The Morgan fingerprint density at radius 1 is 1.29 bits per heavy atom. The maximum Gasteiger partial charge on any atom is 0.429 e. The van der Waals surface area contributed by atoms with E-state index in [0.717, 1.165) is 5.01 Å². The highest BCUT2D eigenvalue weighted by molar-refractivity contribution is 5.92. The second kappa shape index (κ2) is 9.36. The molecule has 3 fully saturated rings. The van der Waals surface area contributed by atoms with E-state index in [0.29, 0.717) is 25.9 Å². The number of hydrogen-bond donors (Lipinski definition) is 3. The first-order valence-electron chi connectivity index (χ1n) is 12.3. The van der Waals surface area contributed by atoms with Gasteiger partial charge in [0.25, 0.3) is 5.91 Å². The quantitative estimate of drug-likeness (QED) is 0.491. The van der Waals surface area contributed by atoms with Gasteiger partial charge in [0.15, 0.2) is 0 Å². The molecule has 2 heterocycles. The number of piperidine rings is 1. The smallest absolute Gasteiger partial charge is 0.429 e. The number of ether oxygens (including phenoxy) is 1. The van der Waals surface area contributed by atoms with Crippen LogP contribution in [0.25, 0.3) is 0 Å². The SMILES string of the molecule is CC(C)C[C@H](N)C(=O)N1C[C@H]2[C@@H]([C@H]1C(=O)NN(C[C@@H]1CCNC1=O)C(=O)OC(C)(C)C)C2(C)C. The third kappa shape index (κ3) is 5.47. The zero-order valence-corrected chi connectivity index (χ0v) is 21.5. The van der Waals surface area contributed by atoms with Crippen LogP contribution in [0.2, 0.25) is 0 Å². The van der Waals surface area contributed by atoms with Crippen LogP contribution in [0, 0.1) is 29.1 Å². The van der Waals surface area contributed by atoms with E-state index in [1.807, 2.05) is 13.8 Å². The Labute approximate surface area is 202 Å². The van der Waals surface area contributed by atoms with E-state index in [1.165, 1.54) is 0 Å². The van der Waals surface area contributed by atoms with Crippen LogP contribution in [0.4, 0.5) is 4.79 Å². The van der Waals surface area contributed by atoms with Crippen LogP contribution in [0.15, 0.2) is 0 Å². The summed E-state index contributed by atoms with van der Waals surface area (Å²) in [6.07, 6.45) is 0.354. The van der Waals surface area contributed by atoms with E-state index in [2.05, 4.69) is 24.6 Å². The van der Waals surface area contributed by atoms with Gasteiger partial charge in [-0.05, 0) is 56.8 Å². The number of nitrogens with two attached hydrogens (primary N) is 1. The minimum Gasteiger partial charge on any atom is -0.442 e. The zero-order chi connectivity index (χ0) is 25.6. The van der Waals surface area contributed by atoms with Gasteiger partial charge >= 0.3 is 6.09 Å². The predicted octanol–water partition coefficient (Wildman–Crippen LogP) is 1.25. The molecule has 0 aromatic carbocycles. The minimum atomic E-state index is -0.777. The summed E-state index contributed by atoms with van der Waals surface area (Å²) in [5.74, 6) is -0.863. The normalized spacial score (nSPS) is 28.3. The summed E-state index contributed by atoms with van der Waals surface area (Å²) < 4.78 is 5.48. The Morgan fingerprint density at radius 2 is 1.94 bits per heavy atom. The molecule has 10 heteroatoms. The standard InChI is InChI=1S/C24H41N5O5/c1-13(2)10-16(25)21(32)28-12-15-17(24(15,6)7)18(28)20(31)27-29(22(33)34-23(3,4)5)11-14-8-9-26-19(14)30/h13-18H,8-12,25H2,1-7H3,(H,26,30)(H,27,31)/t14-,15-,16-,17-,18-/m0/s1. The topological polar surface area (TPSA) is 134 Å². The number of carbonyl (C=O) groups excluding carboxylic acids is 4. The maximum absolute atomic E-state index is 13.6. The highest BCUT2D eigenvalue weighted by atomic mass is 16.6. The fourth-order valence-corrected chi connectivity index (χ4v) is 5.36. The molecule has 5 atom stereocenters. The first kappa shape index (κ1) is 26.2. The zero-order valence-electron chi connectivity index (χ0n) is 21.5. The van der Waals surface area contributed by atoms with Crippen LogP contribution >= 0.6 is 0 Å². The molecule has 1 saturated carbocycles. The average Bonchev–Trinajstić information content (AvgIpc) is 3.06. The summed E-state index contributed by atoms with van der Waals surface area (Å²) in [5, 5.41) is 3.83. The molecule has 0 bridgehead atoms. The van der Waals surface area contributed by atoms with Crippen molar-refractivity contribution < 1.29 is 23.9 Å². The van der Waals surface area contributed by atoms with Gasteiger partial charge in [0.1, 0.15) is 11.6 Å². The Balaban J connectivity index is 1.79. The fourth-order valence-electron chi connectivity index (χ4n) is 5.36. The highest BCUT2D eigenvalue weighted by Crippen LogP contribution is 2.64. The third-order valence-electron chi connectivity index (χ3n) is 7.23. The lowest BCUT2D eigenvalue weighted by Crippen LogP contribution is -2.59. The van der Waals surface area contributed by atoms with Crippen LogP contribution in [0.3, 0.4) is 0 Å². The van der Waals surface area contributed by atoms with Crippen molar-refractivity contribution in [1.29, 1.82) is 0 Å². The van der Waals surface area contributed by atoms with Crippen LogP contribution < -0.4 is 16.5 Å². The third-order valence-corrected chi connectivity index (χ3v) is 7.23. The molecule has 0 radical (unpaired) electrons. The summed E-state index contributed by atoms with van der Waals surface area (Å²) in [7, 11) is 0. The van der Waals surface area contributed by atoms with Crippen molar-refractivity contribution in [2.75, 3.05) is 19.6 Å². The molecule has 4 amide bonds. The maximum atomic E-state index is 13.6. The first-order chi connectivity index (χ1) is 15.6. The molecule has 0 aromatic rings. The summed E-state index contributed by atoms with van der Waals surface area (Å²) >= 11 is 0. The first-order valence-corrected chi connectivity index (χ1v) is 12.3. The monoisotopic (exact) mass is 479 g/mol. The number of likely N-dealkylation sites (tertiary alicyclic amines) is 1. The summed E-state index contributed by atoms with van der Waals surface area (Å²) in [4.78, 5) is 53.4. The van der Waals surface area contributed by atoms with Crippen molar-refractivity contribution >= 4 is 23.8 Å². The average molecular weight is 480 g/mol. The van der Waals surface area contributed by atoms with Crippen LogP contribution in [-0.2, 0) is 19.1 Å². The van der Waals surface area contributed by atoms with Gasteiger partial charge < -0.3 is 20.7 Å². The number of hydrogen-bond acceptors (Lipinski definition) is 6. The van der Waals surface area contributed by atoms with Crippen molar-refractivity contribution in [2.24, 2.45) is 34.8 Å². The van der Waals surface area contributed by atoms with E-state index in [-0.39, 0.29) is 41.5 Å². The number of carbonyl (C=O) groups is 4. The van der Waals surface area contributed by atoms with E-state index < -0.39 is 35.6 Å². The molecule has 1 aliphatic carbocycles.